The number of halogens is 1. The molecule has 1 unspecified atom stereocenters. The number of thiazole rings is 1. The van der Waals surface area contributed by atoms with E-state index in [-0.39, 0.29) is 0 Å². The molecule has 2 rings (SSSR count). The minimum absolute atomic E-state index is 0.367. The van der Waals surface area contributed by atoms with Gasteiger partial charge in [0.2, 0.25) is 0 Å². The van der Waals surface area contributed by atoms with Crippen molar-refractivity contribution in [2.24, 2.45) is 11.7 Å². The number of aromatic nitrogens is 1. The Balaban J connectivity index is 2.34. The zero-order valence-electron chi connectivity index (χ0n) is 10.1. The summed E-state index contributed by atoms with van der Waals surface area (Å²) in [5.74, 6) is 1.00. The smallest absolute Gasteiger partial charge is 0.0982 e. The second-order valence-electron chi connectivity index (χ2n) is 4.73. The molecule has 1 aromatic carbocycles. The quantitative estimate of drug-likeness (QED) is 0.909. The molecule has 0 spiro atoms. The minimum atomic E-state index is 0.367. The van der Waals surface area contributed by atoms with Gasteiger partial charge in [-0.15, -0.1) is 11.3 Å². The molecule has 4 heteroatoms. The molecule has 1 atom stereocenters. The number of rotatable bonds is 4. The van der Waals surface area contributed by atoms with E-state index in [1.54, 1.807) is 11.3 Å². The highest BCUT2D eigenvalue weighted by atomic mass is 35.5. The molecule has 0 aliphatic carbocycles. The standard InChI is InChI=1S/C13H17ClN2S/c1-8(2)5-9(7-15)13-16-11-6-10(14)3-4-12(11)17-13/h3-4,6,8-9H,5,7,15H2,1-2H3. The highest BCUT2D eigenvalue weighted by molar-refractivity contribution is 7.18. The van der Waals surface area contributed by atoms with Crippen LogP contribution in [0.25, 0.3) is 10.2 Å². The van der Waals surface area contributed by atoms with Crippen molar-refractivity contribution in [3.8, 4) is 0 Å². The largest absolute Gasteiger partial charge is 0.330 e. The molecule has 0 saturated heterocycles. The lowest BCUT2D eigenvalue weighted by atomic mass is 9.98. The SMILES string of the molecule is CC(C)CC(CN)c1nc2cc(Cl)ccc2s1. The summed E-state index contributed by atoms with van der Waals surface area (Å²) in [6.07, 6.45) is 1.09. The van der Waals surface area contributed by atoms with E-state index in [4.69, 9.17) is 17.3 Å². The number of fused-ring (bicyclic) bond motifs is 1. The molecular formula is C13H17ClN2S. The summed E-state index contributed by atoms with van der Waals surface area (Å²) in [6, 6.07) is 5.85. The average Bonchev–Trinajstić information content (AvgIpc) is 2.68. The molecule has 0 aliphatic rings. The van der Waals surface area contributed by atoms with Gasteiger partial charge in [0.15, 0.2) is 0 Å². The summed E-state index contributed by atoms with van der Waals surface area (Å²) in [4.78, 5) is 4.65. The molecule has 2 aromatic rings. The molecule has 0 amide bonds. The normalized spacial score (nSPS) is 13.5. The molecule has 1 heterocycles. The number of hydrogen-bond acceptors (Lipinski definition) is 3. The number of benzene rings is 1. The Morgan fingerprint density at radius 3 is 2.82 bits per heavy atom. The van der Waals surface area contributed by atoms with Crippen LogP contribution in [-0.2, 0) is 0 Å². The Labute approximate surface area is 111 Å². The molecule has 2 N–H and O–H groups in total. The predicted molar refractivity (Wildman–Crippen MR) is 75.9 cm³/mol. The molecule has 1 aromatic heterocycles. The first kappa shape index (κ1) is 12.8. The number of nitrogens with two attached hydrogens (primary N) is 1. The van der Waals surface area contributed by atoms with E-state index in [0.29, 0.717) is 18.4 Å². The molecule has 0 aliphatic heterocycles. The maximum Gasteiger partial charge on any atom is 0.0982 e. The van der Waals surface area contributed by atoms with Crippen molar-refractivity contribution in [2.45, 2.75) is 26.2 Å². The van der Waals surface area contributed by atoms with Gasteiger partial charge in [-0.2, -0.15) is 0 Å². The Kier molecular flexibility index (Phi) is 4.02. The summed E-state index contributed by atoms with van der Waals surface area (Å²) in [5.41, 5.74) is 6.83. The van der Waals surface area contributed by atoms with Crippen LogP contribution in [0.3, 0.4) is 0 Å². The van der Waals surface area contributed by atoms with Gasteiger partial charge in [-0.1, -0.05) is 25.4 Å². The molecule has 92 valence electrons. The highest BCUT2D eigenvalue weighted by Crippen LogP contribution is 2.31. The van der Waals surface area contributed by atoms with Crippen molar-refractivity contribution in [3.05, 3.63) is 28.2 Å². The van der Waals surface area contributed by atoms with Gasteiger partial charge in [-0.25, -0.2) is 4.98 Å². The maximum absolute atomic E-state index is 5.97. The van der Waals surface area contributed by atoms with Gasteiger partial charge in [0.1, 0.15) is 0 Å². The van der Waals surface area contributed by atoms with E-state index in [2.05, 4.69) is 18.8 Å². The first-order valence-electron chi connectivity index (χ1n) is 5.86. The van der Waals surface area contributed by atoms with E-state index in [9.17, 15) is 0 Å². The van der Waals surface area contributed by atoms with E-state index in [0.717, 1.165) is 22.0 Å². The van der Waals surface area contributed by atoms with Crippen LogP contribution in [0, 0.1) is 5.92 Å². The van der Waals surface area contributed by atoms with Crippen molar-refractivity contribution in [1.82, 2.24) is 4.98 Å². The van der Waals surface area contributed by atoms with E-state index < -0.39 is 0 Å². The molecule has 0 radical (unpaired) electrons. The zero-order valence-corrected chi connectivity index (χ0v) is 11.7. The summed E-state index contributed by atoms with van der Waals surface area (Å²) < 4.78 is 1.19. The van der Waals surface area contributed by atoms with Crippen LogP contribution in [0.15, 0.2) is 18.2 Å². The fraction of sp³-hybridized carbons (Fsp3) is 0.462. The maximum atomic E-state index is 5.97. The monoisotopic (exact) mass is 268 g/mol. The third-order valence-corrected chi connectivity index (χ3v) is 4.19. The van der Waals surface area contributed by atoms with E-state index >= 15 is 0 Å². The van der Waals surface area contributed by atoms with Gasteiger partial charge in [-0.05, 0) is 30.5 Å². The molecule has 17 heavy (non-hydrogen) atoms. The molecular weight excluding hydrogens is 252 g/mol. The van der Waals surface area contributed by atoms with Gasteiger partial charge in [0.05, 0.1) is 15.2 Å². The van der Waals surface area contributed by atoms with Gasteiger partial charge >= 0.3 is 0 Å². The average molecular weight is 269 g/mol. The van der Waals surface area contributed by atoms with Gasteiger partial charge in [0, 0.05) is 17.5 Å². The molecule has 0 fully saturated rings. The summed E-state index contributed by atoms with van der Waals surface area (Å²) >= 11 is 7.70. The third-order valence-electron chi connectivity index (χ3n) is 2.76. The van der Waals surface area contributed by atoms with Crippen LogP contribution < -0.4 is 5.73 Å². The van der Waals surface area contributed by atoms with Crippen LogP contribution in [-0.4, -0.2) is 11.5 Å². The topological polar surface area (TPSA) is 38.9 Å². The Morgan fingerprint density at radius 2 is 2.18 bits per heavy atom. The van der Waals surface area contributed by atoms with Crippen LogP contribution in [0.1, 0.15) is 31.2 Å². The van der Waals surface area contributed by atoms with Gasteiger partial charge in [0.25, 0.3) is 0 Å². The predicted octanol–water partition coefficient (Wildman–Crippen LogP) is 4.04. The van der Waals surface area contributed by atoms with Crippen LogP contribution in [0.5, 0.6) is 0 Å². The Hall–Kier alpha value is -0.640. The first-order chi connectivity index (χ1) is 8.10. The van der Waals surface area contributed by atoms with Crippen LogP contribution in [0.4, 0.5) is 0 Å². The molecule has 2 nitrogen and oxygen atoms in total. The second-order valence-corrected chi connectivity index (χ2v) is 6.22. The van der Waals surface area contributed by atoms with Crippen molar-refractivity contribution >= 4 is 33.2 Å². The summed E-state index contributed by atoms with van der Waals surface area (Å²) in [6.45, 7) is 5.09. The fourth-order valence-electron chi connectivity index (χ4n) is 1.96. The van der Waals surface area contributed by atoms with Gasteiger partial charge < -0.3 is 5.73 Å². The van der Waals surface area contributed by atoms with Crippen LogP contribution >= 0.6 is 22.9 Å². The Bertz CT molecular complexity index is 507. The lowest BCUT2D eigenvalue weighted by Gasteiger charge is -2.13. The van der Waals surface area contributed by atoms with Crippen molar-refractivity contribution < 1.29 is 0 Å². The number of nitrogens with zero attached hydrogens (tertiary/aromatic N) is 1. The third kappa shape index (κ3) is 2.97. The number of hydrogen-bond donors (Lipinski definition) is 1. The van der Waals surface area contributed by atoms with Gasteiger partial charge in [-0.3, -0.25) is 0 Å². The molecule has 0 saturated carbocycles. The van der Waals surface area contributed by atoms with E-state index in [1.165, 1.54) is 4.70 Å². The lowest BCUT2D eigenvalue weighted by molar-refractivity contribution is 0.503. The minimum Gasteiger partial charge on any atom is -0.330 e. The summed E-state index contributed by atoms with van der Waals surface area (Å²) in [5, 5.41) is 1.88. The Morgan fingerprint density at radius 1 is 1.41 bits per heavy atom. The van der Waals surface area contributed by atoms with Crippen molar-refractivity contribution in [1.29, 1.82) is 0 Å². The van der Waals surface area contributed by atoms with Crippen molar-refractivity contribution in [3.63, 3.8) is 0 Å². The summed E-state index contributed by atoms with van der Waals surface area (Å²) in [7, 11) is 0. The first-order valence-corrected chi connectivity index (χ1v) is 7.05. The van der Waals surface area contributed by atoms with Crippen molar-refractivity contribution in [2.75, 3.05) is 6.54 Å². The molecule has 0 bridgehead atoms. The fourth-order valence-corrected chi connectivity index (χ4v) is 3.20. The second kappa shape index (κ2) is 5.34. The van der Waals surface area contributed by atoms with E-state index in [1.807, 2.05) is 18.2 Å². The van der Waals surface area contributed by atoms with Crippen LogP contribution in [0.2, 0.25) is 5.02 Å². The highest BCUT2D eigenvalue weighted by Gasteiger charge is 2.16. The zero-order chi connectivity index (χ0) is 12.4. The lowest BCUT2D eigenvalue weighted by Crippen LogP contribution is -2.14.